The summed E-state index contributed by atoms with van der Waals surface area (Å²) in [5.41, 5.74) is 0.485. The van der Waals surface area contributed by atoms with Crippen molar-refractivity contribution in [3.8, 4) is 11.3 Å². The summed E-state index contributed by atoms with van der Waals surface area (Å²) >= 11 is 0. The molecule has 2 rings (SSSR count). The first-order valence-electron chi connectivity index (χ1n) is 4.80. The van der Waals surface area contributed by atoms with Crippen LogP contribution in [0.4, 0.5) is 14.9 Å². The van der Waals surface area contributed by atoms with E-state index in [9.17, 15) is 9.18 Å². The van der Waals surface area contributed by atoms with Gasteiger partial charge in [0.05, 0.1) is 0 Å². The molecule has 0 fully saturated rings. The maximum absolute atomic E-state index is 13.5. The highest BCUT2D eigenvalue weighted by molar-refractivity contribution is 5.89. The molecule has 1 aromatic carbocycles. The van der Waals surface area contributed by atoms with Crippen molar-refractivity contribution < 1.29 is 18.8 Å². The average Bonchev–Trinajstić information content (AvgIpc) is 2.61. The van der Waals surface area contributed by atoms with Gasteiger partial charge in [0.15, 0.2) is 5.76 Å². The molecular formula is C11H9FN2O3. The summed E-state index contributed by atoms with van der Waals surface area (Å²) in [6, 6.07) is 5.94. The standard InChI is InChI=1S/C11H9FN2O3/c1-6-9(13-11(15)16)10(14-17-6)7-4-2-3-5-8(7)12/h2-5,13H,1H3,(H,15,16). The van der Waals surface area contributed by atoms with Crippen LogP contribution in [0.2, 0.25) is 0 Å². The summed E-state index contributed by atoms with van der Waals surface area (Å²) in [5.74, 6) is -0.208. The first-order chi connectivity index (χ1) is 8.09. The monoisotopic (exact) mass is 236 g/mol. The van der Waals surface area contributed by atoms with Crippen molar-refractivity contribution in [3.63, 3.8) is 0 Å². The summed E-state index contributed by atoms with van der Waals surface area (Å²) in [4.78, 5) is 10.6. The number of amides is 1. The molecule has 1 amide bonds. The molecule has 5 nitrogen and oxygen atoms in total. The first kappa shape index (κ1) is 11.1. The van der Waals surface area contributed by atoms with E-state index in [1.165, 1.54) is 18.2 Å². The predicted octanol–water partition coefficient (Wildman–Crippen LogP) is 2.88. The average molecular weight is 236 g/mol. The van der Waals surface area contributed by atoms with Crippen molar-refractivity contribution in [1.29, 1.82) is 0 Å². The van der Waals surface area contributed by atoms with E-state index >= 15 is 0 Å². The van der Waals surface area contributed by atoms with Crippen molar-refractivity contribution in [2.45, 2.75) is 6.92 Å². The summed E-state index contributed by atoms with van der Waals surface area (Å²) in [6.07, 6.45) is -1.26. The molecule has 0 spiro atoms. The number of anilines is 1. The molecule has 0 aliphatic rings. The molecular weight excluding hydrogens is 227 g/mol. The highest BCUT2D eigenvalue weighted by atomic mass is 19.1. The molecule has 1 heterocycles. The Hall–Kier alpha value is -2.37. The van der Waals surface area contributed by atoms with Gasteiger partial charge in [-0.1, -0.05) is 17.3 Å². The molecule has 6 heteroatoms. The van der Waals surface area contributed by atoms with E-state index in [1.807, 2.05) is 0 Å². The second-order valence-corrected chi connectivity index (χ2v) is 3.37. The number of carbonyl (C=O) groups is 1. The largest absolute Gasteiger partial charge is 0.465 e. The summed E-state index contributed by atoms with van der Waals surface area (Å²) in [7, 11) is 0. The van der Waals surface area contributed by atoms with Crippen LogP contribution >= 0.6 is 0 Å². The first-order valence-corrected chi connectivity index (χ1v) is 4.80. The summed E-state index contributed by atoms with van der Waals surface area (Å²) in [6.45, 7) is 1.54. The van der Waals surface area contributed by atoms with E-state index < -0.39 is 11.9 Å². The smallest absolute Gasteiger partial charge is 0.409 e. The lowest BCUT2D eigenvalue weighted by atomic mass is 10.1. The van der Waals surface area contributed by atoms with Crippen LogP contribution in [0.25, 0.3) is 11.3 Å². The normalized spacial score (nSPS) is 10.2. The van der Waals surface area contributed by atoms with E-state index in [-0.39, 0.29) is 22.7 Å². The fourth-order valence-electron chi connectivity index (χ4n) is 1.46. The van der Waals surface area contributed by atoms with E-state index in [4.69, 9.17) is 9.63 Å². The van der Waals surface area contributed by atoms with Gasteiger partial charge in [-0.3, -0.25) is 5.32 Å². The van der Waals surface area contributed by atoms with Gasteiger partial charge in [-0.25, -0.2) is 9.18 Å². The van der Waals surface area contributed by atoms with Crippen LogP contribution in [0, 0.1) is 12.7 Å². The van der Waals surface area contributed by atoms with Crippen LogP contribution in [-0.2, 0) is 0 Å². The Balaban J connectivity index is 2.53. The van der Waals surface area contributed by atoms with Crippen LogP contribution in [0.15, 0.2) is 28.8 Å². The lowest BCUT2D eigenvalue weighted by molar-refractivity contribution is 0.209. The van der Waals surface area contributed by atoms with Gasteiger partial charge >= 0.3 is 6.09 Å². The molecule has 0 unspecified atom stereocenters. The second-order valence-electron chi connectivity index (χ2n) is 3.37. The lowest BCUT2D eigenvalue weighted by Crippen LogP contribution is -2.08. The third-order valence-corrected chi connectivity index (χ3v) is 2.22. The van der Waals surface area contributed by atoms with Gasteiger partial charge < -0.3 is 9.63 Å². The maximum Gasteiger partial charge on any atom is 0.409 e. The Morgan fingerprint density at radius 3 is 2.82 bits per heavy atom. The minimum atomic E-state index is -1.26. The van der Waals surface area contributed by atoms with Gasteiger partial charge in [-0.05, 0) is 19.1 Å². The number of rotatable bonds is 2. The zero-order valence-electron chi connectivity index (χ0n) is 8.90. The van der Waals surface area contributed by atoms with Gasteiger partial charge in [0.25, 0.3) is 0 Å². The molecule has 0 aliphatic heterocycles. The van der Waals surface area contributed by atoms with Crippen molar-refractivity contribution in [2.24, 2.45) is 0 Å². The predicted molar refractivity (Wildman–Crippen MR) is 58.3 cm³/mol. The van der Waals surface area contributed by atoms with Crippen LogP contribution in [0.5, 0.6) is 0 Å². The number of hydrogen-bond acceptors (Lipinski definition) is 3. The number of nitrogens with zero attached hydrogens (tertiary/aromatic N) is 1. The van der Waals surface area contributed by atoms with Crippen LogP contribution in [0.3, 0.4) is 0 Å². The van der Waals surface area contributed by atoms with Crippen molar-refractivity contribution in [2.75, 3.05) is 5.32 Å². The number of halogens is 1. The summed E-state index contributed by atoms with van der Waals surface area (Å²) in [5, 5.41) is 14.5. The number of benzene rings is 1. The second kappa shape index (κ2) is 4.25. The highest BCUT2D eigenvalue weighted by Gasteiger charge is 2.18. The van der Waals surface area contributed by atoms with Crippen molar-refractivity contribution in [3.05, 3.63) is 35.8 Å². The Bertz CT molecular complexity index is 566. The lowest BCUT2D eigenvalue weighted by Gasteiger charge is -2.02. The number of aryl methyl sites for hydroxylation is 1. The molecule has 88 valence electrons. The van der Waals surface area contributed by atoms with Crippen LogP contribution in [-0.4, -0.2) is 16.4 Å². The van der Waals surface area contributed by atoms with E-state index in [0.717, 1.165) is 0 Å². The molecule has 1 aromatic heterocycles. The topological polar surface area (TPSA) is 75.4 Å². The van der Waals surface area contributed by atoms with E-state index in [2.05, 4.69) is 10.5 Å². The molecule has 2 aromatic rings. The molecule has 0 radical (unpaired) electrons. The van der Waals surface area contributed by atoms with E-state index in [1.54, 1.807) is 13.0 Å². The maximum atomic E-state index is 13.5. The number of hydrogen-bond donors (Lipinski definition) is 2. The molecule has 0 bridgehead atoms. The third-order valence-electron chi connectivity index (χ3n) is 2.22. The fraction of sp³-hybridized carbons (Fsp3) is 0.0909. The molecule has 17 heavy (non-hydrogen) atoms. The molecule has 0 saturated heterocycles. The van der Waals surface area contributed by atoms with Crippen molar-refractivity contribution >= 4 is 11.8 Å². The van der Waals surface area contributed by atoms with Crippen LogP contribution in [0.1, 0.15) is 5.76 Å². The molecule has 0 atom stereocenters. The third kappa shape index (κ3) is 2.10. The van der Waals surface area contributed by atoms with Crippen LogP contribution < -0.4 is 5.32 Å². The van der Waals surface area contributed by atoms with E-state index in [0.29, 0.717) is 0 Å². The number of carboxylic acid groups (broad SMARTS) is 1. The molecule has 0 saturated carbocycles. The van der Waals surface area contributed by atoms with Gasteiger partial charge in [0.2, 0.25) is 0 Å². The Morgan fingerprint density at radius 1 is 1.47 bits per heavy atom. The van der Waals surface area contributed by atoms with Gasteiger partial charge in [0, 0.05) is 5.56 Å². The number of aromatic nitrogens is 1. The van der Waals surface area contributed by atoms with Gasteiger partial charge in [-0.15, -0.1) is 0 Å². The zero-order chi connectivity index (χ0) is 12.4. The minimum Gasteiger partial charge on any atom is -0.465 e. The Morgan fingerprint density at radius 2 is 2.18 bits per heavy atom. The van der Waals surface area contributed by atoms with Gasteiger partial charge in [0.1, 0.15) is 17.2 Å². The Kier molecular flexibility index (Phi) is 2.78. The zero-order valence-corrected chi connectivity index (χ0v) is 8.90. The Labute approximate surface area is 95.9 Å². The quantitative estimate of drug-likeness (QED) is 0.840. The van der Waals surface area contributed by atoms with Gasteiger partial charge in [-0.2, -0.15) is 0 Å². The molecule has 0 aliphatic carbocycles. The SMILES string of the molecule is Cc1onc(-c2ccccc2F)c1NC(=O)O. The molecule has 2 N–H and O–H groups in total. The highest BCUT2D eigenvalue weighted by Crippen LogP contribution is 2.31. The summed E-state index contributed by atoms with van der Waals surface area (Å²) < 4.78 is 18.4. The minimum absolute atomic E-state index is 0.142. The number of nitrogens with one attached hydrogen (secondary N) is 1. The van der Waals surface area contributed by atoms with Crippen molar-refractivity contribution in [1.82, 2.24) is 5.16 Å². The fourth-order valence-corrected chi connectivity index (χ4v) is 1.46.